The molecule has 1 aromatic carbocycles. The van der Waals surface area contributed by atoms with Crippen molar-refractivity contribution in [1.29, 1.82) is 0 Å². The van der Waals surface area contributed by atoms with Gasteiger partial charge in [-0.2, -0.15) is 4.80 Å². The molecule has 1 aliphatic rings. The molecule has 3 rings (SSSR count). The van der Waals surface area contributed by atoms with Gasteiger partial charge in [0.25, 0.3) is 0 Å². The molecule has 1 N–H and O–H groups in total. The molecule has 2 heterocycles. The number of aryl methyl sites for hydroxylation is 1. The summed E-state index contributed by atoms with van der Waals surface area (Å²) >= 11 is 0. The highest BCUT2D eigenvalue weighted by atomic mass is 16.5. The molecule has 1 fully saturated rings. The quantitative estimate of drug-likeness (QED) is 0.883. The molecule has 1 aliphatic heterocycles. The maximum absolute atomic E-state index is 5.70. The Balaban J connectivity index is 1.50. The van der Waals surface area contributed by atoms with E-state index in [-0.39, 0.29) is 0 Å². The third kappa shape index (κ3) is 4.04. The van der Waals surface area contributed by atoms with E-state index in [0.717, 1.165) is 25.3 Å². The molecule has 0 aliphatic carbocycles. The average Bonchev–Trinajstić information content (AvgIpc) is 3.03. The van der Waals surface area contributed by atoms with Gasteiger partial charge in [-0.25, -0.2) is 0 Å². The highest BCUT2D eigenvalue weighted by molar-refractivity contribution is 5.27. The third-order valence-corrected chi connectivity index (χ3v) is 3.96. The van der Waals surface area contributed by atoms with Crippen molar-refractivity contribution < 1.29 is 4.74 Å². The molecule has 1 unspecified atom stereocenters. The second-order valence-electron chi connectivity index (χ2n) is 5.68. The molecule has 22 heavy (non-hydrogen) atoms. The fraction of sp³-hybridized carbons (Fsp3) is 0.562. The first kappa shape index (κ1) is 15.0. The first-order valence-corrected chi connectivity index (χ1v) is 8.05. The summed E-state index contributed by atoms with van der Waals surface area (Å²) in [5.41, 5.74) is 1.35. The molecule has 2 aromatic rings. The lowest BCUT2D eigenvalue weighted by Gasteiger charge is -2.23. The van der Waals surface area contributed by atoms with Gasteiger partial charge in [0.1, 0.15) is 5.75 Å². The van der Waals surface area contributed by atoms with Gasteiger partial charge in [0.2, 0.25) is 5.82 Å². The van der Waals surface area contributed by atoms with Crippen LogP contribution in [0.2, 0.25) is 0 Å². The van der Waals surface area contributed by atoms with Crippen LogP contribution in [0.1, 0.15) is 37.6 Å². The Morgan fingerprint density at radius 1 is 1.27 bits per heavy atom. The maximum atomic E-state index is 5.70. The predicted molar refractivity (Wildman–Crippen MR) is 83.6 cm³/mol. The summed E-state index contributed by atoms with van der Waals surface area (Å²) in [5.74, 6) is 1.45. The maximum Gasteiger partial charge on any atom is 0.212 e. The van der Waals surface area contributed by atoms with E-state index in [4.69, 9.17) is 4.74 Å². The van der Waals surface area contributed by atoms with Crippen LogP contribution in [0.25, 0.3) is 0 Å². The minimum atomic E-state index is 0.351. The van der Waals surface area contributed by atoms with Crippen LogP contribution in [0, 0.1) is 0 Å². The number of tetrazole rings is 1. The van der Waals surface area contributed by atoms with Crippen LogP contribution in [0.4, 0.5) is 0 Å². The summed E-state index contributed by atoms with van der Waals surface area (Å²) in [5, 5.41) is 15.6. The Kier molecular flexibility index (Phi) is 5.00. The van der Waals surface area contributed by atoms with Crippen molar-refractivity contribution in [3.05, 3.63) is 35.7 Å². The van der Waals surface area contributed by atoms with Gasteiger partial charge in [-0.1, -0.05) is 18.6 Å². The lowest BCUT2D eigenvalue weighted by atomic mass is 9.98. The van der Waals surface area contributed by atoms with E-state index in [1.807, 2.05) is 19.1 Å². The Bertz CT molecular complexity index is 574. The number of hydrogen-bond donors (Lipinski definition) is 1. The summed E-state index contributed by atoms with van der Waals surface area (Å²) < 4.78 is 5.70. The van der Waals surface area contributed by atoms with Crippen molar-refractivity contribution in [2.75, 3.05) is 6.54 Å². The molecule has 0 amide bonds. The van der Waals surface area contributed by atoms with Crippen molar-refractivity contribution in [1.82, 2.24) is 25.5 Å². The molecule has 0 bridgehead atoms. The summed E-state index contributed by atoms with van der Waals surface area (Å²) in [6.45, 7) is 4.20. The van der Waals surface area contributed by atoms with Crippen LogP contribution in [0.3, 0.4) is 0 Å². The zero-order valence-electron chi connectivity index (χ0n) is 13.0. The topological polar surface area (TPSA) is 64.9 Å². The molecule has 118 valence electrons. The number of nitrogens with one attached hydrogen (secondary N) is 1. The molecular formula is C16H23N5O. The molecule has 1 aromatic heterocycles. The van der Waals surface area contributed by atoms with Gasteiger partial charge in [0.15, 0.2) is 6.61 Å². The Labute approximate surface area is 130 Å². The van der Waals surface area contributed by atoms with E-state index >= 15 is 0 Å². The summed E-state index contributed by atoms with van der Waals surface area (Å²) in [4.78, 5) is 1.55. The highest BCUT2D eigenvalue weighted by Crippen LogP contribution is 2.17. The van der Waals surface area contributed by atoms with Crippen LogP contribution in [-0.4, -0.2) is 32.8 Å². The third-order valence-electron chi connectivity index (χ3n) is 3.96. The minimum Gasteiger partial charge on any atom is -0.485 e. The lowest BCUT2D eigenvalue weighted by molar-refractivity contribution is 0.295. The molecule has 6 nitrogen and oxygen atoms in total. The van der Waals surface area contributed by atoms with Crippen molar-refractivity contribution >= 4 is 0 Å². The SMILES string of the molecule is CCn1nnc(COc2ccc(CC3CCCCN3)cc2)n1. The molecule has 0 spiro atoms. The summed E-state index contributed by atoms with van der Waals surface area (Å²) in [7, 11) is 0. The molecule has 1 atom stereocenters. The van der Waals surface area contributed by atoms with E-state index in [1.165, 1.54) is 24.8 Å². The second kappa shape index (κ2) is 7.35. The van der Waals surface area contributed by atoms with Gasteiger partial charge >= 0.3 is 0 Å². The van der Waals surface area contributed by atoms with Gasteiger partial charge in [0, 0.05) is 6.04 Å². The fourth-order valence-corrected chi connectivity index (χ4v) is 2.72. The van der Waals surface area contributed by atoms with Crippen LogP contribution in [-0.2, 0) is 19.6 Å². The van der Waals surface area contributed by atoms with E-state index in [1.54, 1.807) is 4.80 Å². The zero-order chi connectivity index (χ0) is 15.2. The van der Waals surface area contributed by atoms with E-state index in [0.29, 0.717) is 18.5 Å². The molecule has 1 saturated heterocycles. The number of piperidine rings is 1. The van der Waals surface area contributed by atoms with Crippen LogP contribution < -0.4 is 10.1 Å². The van der Waals surface area contributed by atoms with E-state index in [2.05, 4.69) is 32.9 Å². The van der Waals surface area contributed by atoms with E-state index in [9.17, 15) is 0 Å². The second-order valence-corrected chi connectivity index (χ2v) is 5.68. The first-order chi connectivity index (χ1) is 10.8. The fourth-order valence-electron chi connectivity index (χ4n) is 2.72. The molecule has 6 heteroatoms. The normalized spacial score (nSPS) is 18.3. The lowest BCUT2D eigenvalue weighted by Crippen LogP contribution is -2.35. The van der Waals surface area contributed by atoms with Crippen molar-refractivity contribution in [3.63, 3.8) is 0 Å². The van der Waals surface area contributed by atoms with Gasteiger partial charge in [-0.15, -0.1) is 10.2 Å². The minimum absolute atomic E-state index is 0.351. The Morgan fingerprint density at radius 3 is 2.82 bits per heavy atom. The number of benzene rings is 1. The van der Waals surface area contributed by atoms with Crippen molar-refractivity contribution in [2.45, 2.75) is 51.8 Å². The highest BCUT2D eigenvalue weighted by Gasteiger charge is 2.12. The number of ether oxygens (including phenoxy) is 1. The van der Waals surface area contributed by atoms with Crippen molar-refractivity contribution in [3.8, 4) is 5.75 Å². The van der Waals surface area contributed by atoms with Gasteiger partial charge in [0.05, 0.1) is 6.54 Å². The van der Waals surface area contributed by atoms with Gasteiger partial charge in [-0.05, 0) is 55.6 Å². The molecule has 0 radical (unpaired) electrons. The Morgan fingerprint density at radius 2 is 2.14 bits per heavy atom. The first-order valence-electron chi connectivity index (χ1n) is 8.05. The van der Waals surface area contributed by atoms with Crippen molar-refractivity contribution in [2.24, 2.45) is 0 Å². The number of hydrogen-bond acceptors (Lipinski definition) is 5. The van der Waals surface area contributed by atoms with Crippen LogP contribution in [0.15, 0.2) is 24.3 Å². The number of nitrogens with zero attached hydrogens (tertiary/aromatic N) is 4. The van der Waals surface area contributed by atoms with Gasteiger partial charge in [-0.3, -0.25) is 0 Å². The molecule has 0 saturated carbocycles. The number of rotatable bonds is 6. The summed E-state index contributed by atoms with van der Waals surface area (Å²) in [6, 6.07) is 8.93. The van der Waals surface area contributed by atoms with E-state index < -0.39 is 0 Å². The number of aromatic nitrogens is 4. The smallest absolute Gasteiger partial charge is 0.212 e. The standard InChI is InChI=1S/C16H23N5O/c1-2-21-19-16(18-20-21)12-22-15-8-6-13(7-9-15)11-14-5-3-4-10-17-14/h6-9,14,17H,2-5,10-12H2,1H3. The van der Waals surface area contributed by atoms with Crippen LogP contribution in [0.5, 0.6) is 5.75 Å². The average molecular weight is 301 g/mol. The predicted octanol–water partition coefficient (Wildman–Crippen LogP) is 1.96. The Hall–Kier alpha value is -1.95. The largest absolute Gasteiger partial charge is 0.485 e. The van der Waals surface area contributed by atoms with Crippen LogP contribution >= 0.6 is 0 Å². The monoisotopic (exact) mass is 301 g/mol. The summed E-state index contributed by atoms with van der Waals surface area (Å²) in [6.07, 6.45) is 5.01. The molecular weight excluding hydrogens is 278 g/mol. The van der Waals surface area contributed by atoms with Gasteiger partial charge < -0.3 is 10.1 Å². The zero-order valence-corrected chi connectivity index (χ0v) is 13.0.